The summed E-state index contributed by atoms with van der Waals surface area (Å²) in [5.74, 6) is -0.537. The molecule has 1 aromatic carbocycles. The Morgan fingerprint density at radius 3 is 2.48 bits per heavy atom. The van der Waals surface area contributed by atoms with Gasteiger partial charge < -0.3 is 18.6 Å². The van der Waals surface area contributed by atoms with Crippen LogP contribution in [0.15, 0.2) is 33.5 Å². The number of ether oxygens (including phenoxy) is 3. The molecule has 1 aliphatic heterocycles. The second-order valence-corrected chi connectivity index (χ2v) is 6.45. The molecule has 7 heteroatoms. The van der Waals surface area contributed by atoms with E-state index >= 15 is 0 Å². The highest BCUT2D eigenvalue weighted by atomic mass is 16.6. The minimum atomic E-state index is -1.04. The van der Waals surface area contributed by atoms with Gasteiger partial charge in [0.15, 0.2) is 12.2 Å². The number of carbonyl (C=O) groups excluding carboxylic acids is 2. The van der Waals surface area contributed by atoms with Gasteiger partial charge in [-0.15, -0.1) is 0 Å². The maximum atomic E-state index is 11.6. The molecule has 1 aromatic heterocycles. The van der Waals surface area contributed by atoms with Gasteiger partial charge in [-0.3, -0.25) is 9.59 Å². The van der Waals surface area contributed by atoms with Crippen molar-refractivity contribution in [3.05, 3.63) is 40.2 Å². The molecule has 132 valence electrons. The van der Waals surface area contributed by atoms with Crippen LogP contribution in [0.3, 0.4) is 0 Å². The molecular weight excluding hydrogens is 328 g/mol. The molecule has 7 nitrogen and oxygen atoms in total. The number of carbonyl (C=O) groups is 2. The molecule has 0 aliphatic carbocycles. The van der Waals surface area contributed by atoms with E-state index in [-0.39, 0.29) is 0 Å². The third kappa shape index (κ3) is 3.22. The summed E-state index contributed by atoms with van der Waals surface area (Å²) in [6.45, 7) is 5.96. The summed E-state index contributed by atoms with van der Waals surface area (Å²) in [5.41, 5.74) is -0.530. The van der Waals surface area contributed by atoms with Crippen LogP contribution in [-0.4, -0.2) is 23.6 Å². The second-order valence-electron chi connectivity index (χ2n) is 6.45. The van der Waals surface area contributed by atoms with Gasteiger partial charge in [-0.25, -0.2) is 4.79 Å². The number of fused-ring (bicyclic) bond motifs is 2. The lowest BCUT2D eigenvalue weighted by Gasteiger charge is -2.33. The molecule has 0 bridgehead atoms. The lowest BCUT2D eigenvalue weighted by Crippen LogP contribution is -2.46. The van der Waals surface area contributed by atoms with E-state index in [0.29, 0.717) is 22.3 Å². The van der Waals surface area contributed by atoms with E-state index in [1.165, 1.54) is 19.9 Å². The molecule has 0 radical (unpaired) electrons. The first kappa shape index (κ1) is 17.0. The van der Waals surface area contributed by atoms with Crippen molar-refractivity contribution >= 4 is 22.9 Å². The van der Waals surface area contributed by atoms with Gasteiger partial charge in [0.2, 0.25) is 0 Å². The van der Waals surface area contributed by atoms with E-state index < -0.39 is 35.4 Å². The normalized spacial score (nSPS) is 19.2. The predicted octanol–water partition coefficient (Wildman–Crippen LogP) is 2.50. The van der Waals surface area contributed by atoms with Crippen LogP contribution in [0, 0.1) is 0 Å². The highest BCUT2D eigenvalue weighted by Crippen LogP contribution is 2.45. The number of rotatable bonds is 3. The van der Waals surface area contributed by atoms with E-state index in [1.54, 1.807) is 32.0 Å². The van der Waals surface area contributed by atoms with Gasteiger partial charge in [-0.05, 0) is 26.0 Å². The third-order valence-electron chi connectivity index (χ3n) is 3.97. The fraction of sp³-hybridized carbons (Fsp3) is 0.389. The Morgan fingerprint density at radius 2 is 1.84 bits per heavy atom. The van der Waals surface area contributed by atoms with E-state index in [2.05, 4.69) is 0 Å². The Labute approximate surface area is 143 Å². The highest BCUT2D eigenvalue weighted by Gasteiger charge is 2.48. The lowest BCUT2D eigenvalue weighted by atomic mass is 9.93. The fourth-order valence-electron chi connectivity index (χ4n) is 3.04. The molecule has 0 unspecified atom stereocenters. The first-order valence-corrected chi connectivity index (χ1v) is 7.78. The number of esters is 2. The molecule has 0 saturated carbocycles. The van der Waals surface area contributed by atoms with Gasteiger partial charge in [-0.1, -0.05) is 0 Å². The fourth-order valence-corrected chi connectivity index (χ4v) is 3.04. The SMILES string of the molecule is CC(=O)O[C@H]1c2cc3ccc(=O)oc3cc2O[C@@H]1C(C)(C)OC(C)=O. The van der Waals surface area contributed by atoms with Crippen LogP contribution in [0.1, 0.15) is 39.4 Å². The summed E-state index contributed by atoms with van der Waals surface area (Å²) in [6, 6.07) is 6.25. The number of benzene rings is 1. The van der Waals surface area contributed by atoms with Crippen LogP contribution in [-0.2, 0) is 19.1 Å². The van der Waals surface area contributed by atoms with Crippen molar-refractivity contribution in [2.75, 3.05) is 0 Å². The van der Waals surface area contributed by atoms with Gasteiger partial charge in [0.05, 0.1) is 0 Å². The Balaban J connectivity index is 2.09. The first-order valence-electron chi connectivity index (χ1n) is 7.78. The van der Waals surface area contributed by atoms with Crippen molar-refractivity contribution in [1.29, 1.82) is 0 Å². The predicted molar refractivity (Wildman–Crippen MR) is 87.3 cm³/mol. The summed E-state index contributed by atoms with van der Waals surface area (Å²) in [7, 11) is 0. The van der Waals surface area contributed by atoms with Gasteiger partial charge >= 0.3 is 17.6 Å². The second kappa shape index (κ2) is 5.91. The minimum absolute atomic E-state index is 0.360. The maximum Gasteiger partial charge on any atom is 0.336 e. The Kier molecular flexibility index (Phi) is 4.02. The monoisotopic (exact) mass is 346 g/mol. The minimum Gasteiger partial charge on any atom is -0.481 e. The molecule has 0 N–H and O–H groups in total. The average Bonchev–Trinajstić information content (AvgIpc) is 2.81. The summed E-state index contributed by atoms with van der Waals surface area (Å²) in [6.07, 6.45) is -1.49. The van der Waals surface area contributed by atoms with Crippen molar-refractivity contribution in [1.82, 2.24) is 0 Å². The topological polar surface area (TPSA) is 92.0 Å². The zero-order chi connectivity index (χ0) is 18.4. The molecule has 1 aliphatic rings. The Hall–Kier alpha value is -2.83. The summed E-state index contributed by atoms with van der Waals surface area (Å²) in [5, 5.41) is 0.671. The van der Waals surface area contributed by atoms with Gasteiger partial charge in [0, 0.05) is 36.9 Å². The molecular formula is C18H18O7. The van der Waals surface area contributed by atoms with Crippen LogP contribution in [0.5, 0.6) is 5.75 Å². The van der Waals surface area contributed by atoms with Crippen LogP contribution in [0.25, 0.3) is 11.0 Å². The lowest BCUT2D eigenvalue weighted by molar-refractivity contribution is -0.174. The zero-order valence-corrected chi connectivity index (χ0v) is 14.3. The molecule has 2 atom stereocenters. The van der Waals surface area contributed by atoms with Crippen molar-refractivity contribution in [2.24, 2.45) is 0 Å². The molecule has 0 saturated heterocycles. The van der Waals surface area contributed by atoms with E-state index in [9.17, 15) is 14.4 Å². The third-order valence-corrected chi connectivity index (χ3v) is 3.97. The van der Waals surface area contributed by atoms with Crippen molar-refractivity contribution in [3.63, 3.8) is 0 Å². The zero-order valence-electron chi connectivity index (χ0n) is 14.3. The van der Waals surface area contributed by atoms with Gasteiger partial charge in [0.25, 0.3) is 0 Å². The van der Waals surface area contributed by atoms with Crippen LogP contribution >= 0.6 is 0 Å². The molecule has 25 heavy (non-hydrogen) atoms. The highest BCUT2D eigenvalue weighted by molar-refractivity contribution is 5.80. The largest absolute Gasteiger partial charge is 0.481 e. The van der Waals surface area contributed by atoms with E-state index in [4.69, 9.17) is 18.6 Å². The van der Waals surface area contributed by atoms with Crippen LogP contribution < -0.4 is 10.4 Å². The van der Waals surface area contributed by atoms with Crippen molar-refractivity contribution in [2.45, 2.75) is 45.5 Å². The number of hydrogen-bond acceptors (Lipinski definition) is 7. The molecule has 0 fully saturated rings. The summed E-state index contributed by atoms with van der Waals surface area (Å²) < 4.78 is 21.9. The van der Waals surface area contributed by atoms with Crippen molar-refractivity contribution in [3.8, 4) is 5.75 Å². The summed E-state index contributed by atoms with van der Waals surface area (Å²) >= 11 is 0. The molecule has 2 aromatic rings. The maximum absolute atomic E-state index is 11.6. The Bertz CT molecular complexity index is 909. The smallest absolute Gasteiger partial charge is 0.336 e. The average molecular weight is 346 g/mol. The van der Waals surface area contributed by atoms with Gasteiger partial charge in [0.1, 0.15) is 16.9 Å². The standard InChI is InChI=1S/C18H18O7/c1-9(19)22-16-12-7-11-5-6-15(21)23-13(11)8-14(12)24-17(16)18(3,4)25-10(2)20/h5-8,16-17H,1-4H3/t16-,17-/m0/s1. The summed E-state index contributed by atoms with van der Waals surface area (Å²) in [4.78, 5) is 34.4. The van der Waals surface area contributed by atoms with E-state index in [0.717, 1.165) is 0 Å². The van der Waals surface area contributed by atoms with Crippen molar-refractivity contribution < 1.29 is 28.2 Å². The van der Waals surface area contributed by atoms with Crippen LogP contribution in [0.4, 0.5) is 0 Å². The first-order chi connectivity index (χ1) is 11.7. The van der Waals surface area contributed by atoms with Gasteiger partial charge in [-0.2, -0.15) is 0 Å². The quantitative estimate of drug-likeness (QED) is 0.623. The molecule has 2 heterocycles. The molecule has 3 rings (SSSR count). The van der Waals surface area contributed by atoms with E-state index in [1.807, 2.05) is 0 Å². The Morgan fingerprint density at radius 1 is 1.12 bits per heavy atom. The molecule has 0 amide bonds. The molecule has 0 spiro atoms. The van der Waals surface area contributed by atoms with Crippen LogP contribution in [0.2, 0.25) is 0 Å². The number of hydrogen-bond donors (Lipinski definition) is 0.